The van der Waals surface area contributed by atoms with Crippen molar-refractivity contribution in [2.75, 3.05) is 7.11 Å². The van der Waals surface area contributed by atoms with Gasteiger partial charge in [-0.1, -0.05) is 30.3 Å². The van der Waals surface area contributed by atoms with Gasteiger partial charge >= 0.3 is 8.80 Å². The molecule has 0 saturated carbocycles. The van der Waals surface area contributed by atoms with E-state index in [1.165, 1.54) is 7.11 Å². The lowest BCUT2D eigenvalue weighted by Gasteiger charge is -2.13. The molecule has 0 heterocycles. The quantitative estimate of drug-likeness (QED) is 0.586. The fourth-order valence-electron chi connectivity index (χ4n) is 0.773. The molecule has 1 aromatic carbocycles. The highest BCUT2D eigenvalue weighted by atomic mass is 28.4. The maximum absolute atomic E-state index is 9.27. The maximum atomic E-state index is 9.27. The molecular formula is C7H10O3Si. The van der Waals surface area contributed by atoms with Crippen molar-refractivity contribution in [2.45, 2.75) is 0 Å². The van der Waals surface area contributed by atoms with Crippen LogP contribution < -0.4 is 5.19 Å². The molecule has 60 valence electrons. The Morgan fingerprint density at radius 3 is 2.18 bits per heavy atom. The van der Waals surface area contributed by atoms with Crippen molar-refractivity contribution in [1.29, 1.82) is 0 Å². The average molecular weight is 170 g/mol. The predicted molar refractivity (Wildman–Crippen MR) is 43.3 cm³/mol. The summed E-state index contributed by atoms with van der Waals surface area (Å²) in [5.74, 6) is 0. The third-order valence-corrected chi connectivity index (χ3v) is 3.09. The Labute approximate surface area is 66.2 Å². The molecule has 1 aromatic rings. The summed E-state index contributed by atoms with van der Waals surface area (Å²) in [7, 11) is -2.26. The summed E-state index contributed by atoms with van der Waals surface area (Å²) >= 11 is 0. The summed E-state index contributed by atoms with van der Waals surface area (Å²) in [5, 5.41) is 0.461. The molecule has 0 aromatic heterocycles. The van der Waals surface area contributed by atoms with Crippen LogP contribution in [0.3, 0.4) is 0 Å². The van der Waals surface area contributed by atoms with Crippen molar-refractivity contribution in [3.05, 3.63) is 30.3 Å². The van der Waals surface area contributed by atoms with Gasteiger partial charge in [0.15, 0.2) is 0 Å². The molecule has 4 heteroatoms. The number of rotatable bonds is 2. The maximum Gasteiger partial charge on any atom is 0.531 e. The summed E-state index contributed by atoms with van der Waals surface area (Å²) in [5.41, 5.74) is 0. The zero-order chi connectivity index (χ0) is 8.32. The average Bonchev–Trinajstić information content (AvgIpc) is 2.06. The SMILES string of the molecule is CO[Si](O)(O)c1ccccc1. The molecule has 0 aliphatic rings. The van der Waals surface area contributed by atoms with Gasteiger partial charge in [0.25, 0.3) is 0 Å². The fraction of sp³-hybridized carbons (Fsp3) is 0.143. The summed E-state index contributed by atoms with van der Waals surface area (Å²) in [4.78, 5) is 18.5. The van der Waals surface area contributed by atoms with Crippen LogP contribution in [-0.2, 0) is 4.43 Å². The molecule has 0 amide bonds. The summed E-state index contributed by atoms with van der Waals surface area (Å²) in [6.07, 6.45) is 0. The van der Waals surface area contributed by atoms with Gasteiger partial charge in [0.1, 0.15) is 0 Å². The van der Waals surface area contributed by atoms with Crippen molar-refractivity contribution in [2.24, 2.45) is 0 Å². The van der Waals surface area contributed by atoms with Crippen molar-refractivity contribution in [1.82, 2.24) is 0 Å². The minimum absolute atomic E-state index is 0.461. The number of benzene rings is 1. The molecule has 0 radical (unpaired) electrons. The van der Waals surface area contributed by atoms with Crippen LogP contribution in [0.5, 0.6) is 0 Å². The van der Waals surface area contributed by atoms with Gasteiger partial charge in [-0.3, -0.25) is 0 Å². The molecule has 0 spiro atoms. The van der Waals surface area contributed by atoms with E-state index < -0.39 is 8.80 Å². The van der Waals surface area contributed by atoms with Gasteiger partial charge in [-0.15, -0.1) is 0 Å². The zero-order valence-electron chi connectivity index (χ0n) is 6.19. The largest absolute Gasteiger partial charge is 0.531 e. The highest BCUT2D eigenvalue weighted by Crippen LogP contribution is 1.94. The van der Waals surface area contributed by atoms with Crippen molar-refractivity contribution in [3.8, 4) is 0 Å². The van der Waals surface area contributed by atoms with Crippen LogP contribution in [0.4, 0.5) is 0 Å². The minimum atomic E-state index is -3.55. The predicted octanol–water partition coefficient (Wildman–Crippen LogP) is -0.537. The van der Waals surface area contributed by atoms with Crippen molar-refractivity contribution in [3.63, 3.8) is 0 Å². The zero-order valence-corrected chi connectivity index (χ0v) is 7.19. The Balaban J connectivity index is 2.93. The van der Waals surface area contributed by atoms with E-state index in [4.69, 9.17) is 0 Å². The molecule has 0 fully saturated rings. The van der Waals surface area contributed by atoms with Crippen LogP contribution in [0.2, 0.25) is 0 Å². The lowest BCUT2D eigenvalue weighted by molar-refractivity contribution is 0.204. The first-order valence-corrected chi connectivity index (χ1v) is 5.02. The molecule has 0 bridgehead atoms. The first kappa shape index (κ1) is 8.41. The molecule has 3 nitrogen and oxygen atoms in total. The Kier molecular flexibility index (Phi) is 2.40. The van der Waals surface area contributed by atoms with E-state index in [2.05, 4.69) is 4.43 Å². The van der Waals surface area contributed by atoms with Gasteiger partial charge in [0.2, 0.25) is 0 Å². The first-order chi connectivity index (χ1) is 5.17. The van der Waals surface area contributed by atoms with Gasteiger partial charge in [-0.25, -0.2) is 0 Å². The second-order valence-corrected chi connectivity index (χ2v) is 4.38. The van der Waals surface area contributed by atoms with E-state index in [1.807, 2.05) is 6.07 Å². The van der Waals surface area contributed by atoms with Crippen LogP contribution in [0, 0.1) is 0 Å². The monoisotopic (exact) mass is 170 g/mol. The van der Waals surface area contributed by atoms with Gasteiger partial charge in [-0.2, -0.15) is 0 Å². The van der Waals surface area contributed by atoms with Gasteiger partial charge in [0.05, 0.1) is 0 Å². The van der Waals surface area contributed by atoms with Gasteiger partial charge in [-0.05, 0) is 0 Å². The van der Waals surface area contributed by atoms with E-state index in [1.54, 1.807) is 24.3 Å². The van der Waals surface area contributed by atoms with Crippen LogP contribution >= 0.6 is 0 Å². The topological polar surface area (TPSA) is 49.7 Å². The highest BCUT2D eigenvalue weighted by molar-refractivity contribution is 6.72. The Morgan fingerprint density at radius 1 is 1.18 bits per heavy atom. The molecule has 0 saturated heterocycles. The van der Waals surface area contributed by atoms with Crippen LogP contribution in [0.25, 0.3) is 0 Å². The van der Waals surface area contributed by atoms with Crippen LogP contribution in [-0.4, -0.2) is 25.5 Å². The molecular weight excluding hydrogens is 160 g/mol. The number of hydrogen-bond acceptors (Lipinski definition) is 3. The molecule has 1 rings (SSSR count). The lowest BCUT2D eigenvalue weighted by Crippen LogP contribution is -2.50. The molecule has 0 unspecified atom stereocenters. The fourth-order valence-corrected chi connectivity index (χ4v) is 1.64. The lowest BCUT2D eigenvalue weighted by atomic mass is 10.4. The minimum Gasteiger partial charge on any atom is -0.386 e. The normalized spacial score (nSPS) is 11.5. The smallest absolute Gasteiger partial charge is 0.386 e. The van der Waals surface area contributed by atoms with Crippen molar-refractivity contribution >= 4 is 14.0 Å². The van der Waals surface area contributed by atoms with E-state index in [9.17, 15) is 9.59 Å². The highest BCUT2D eigenvalue weighted by Gasteiger charge is 2.33. The molecule has 0 atom stereocenters. The van der Waals surface area contributed by atoms with Crippen LogP contribution in [0.1, 0.15) is 0 Å². The molecule has 2 N–H and O–H groups in total. The first-order valence-electron chi connectivity index (χ1n) is 3.22. The Hall–Kier alpha value is -0.683. The van der Waals surface area contributed by atoms with Gasteiger partial charge in [0, 0.05) is 12.3 Å². The third kappa shape index (κ3) is 1.87. The van der Waals surface area contributed by atoms with Crippen molar-refractivity contribution < 1.29 is 14.0 Å². The standard InChI is InChI=1S/C7H10O3Si/c1-10-11(8,9)7-5-3-2-4-6-7/h2-6,8-9H,1H3. The number of hydrogen-bond donors (Lipinski definition) is 2. The second-order valence-electron chi connectivity index (χ2n) is 2.18. The van der Waals surface area contributed by atoms with E-state index in [-0.39, 0.29) is 0 Å². The third-order valence-electron chi connectivity index (χ3n) is 1.43. The summed E-state index contributed by atoms with van der Waals surface area (Å²) < 4.78 is 4.57. The molecule has 11 heavy (non-hydrogen) atoms. The van der Waals surface area contributed by atoms with E-state index in [0.29, 0.717) is 5.19 Å². The van der Waals surface area contributed by atoms with E-state index in [0.717, 1.165) is 0 Å². The molecule has 0 aliphatic carbocycles. The summed E-state index contributed by atoms with van der Waals surface area (Å²) in [6.45, 7) is 0. The second kappa shape index (κ2) is 3.14. The van der Waals surface area contributed by atoms with E-state index >= 15 is 0 Å². The van der Waals surface area contributed by atoms with Crippen LogP contribution in [0.15, 0.2) is 30.3 Å². The Bertz CT molecular complexity index is 222. The Morgan fingerprint density at radius 2 is 1.73 bits per heavy atom. The molecule has 0 aliphatic heterocycles. The van der Waals surface area contributed by atoms with Gasteiger partial charge < -0.3 is 14.0 Å². The summed E-state index contributed by atoms with van der Waals surface area (Å²) in [6, 6.07) is 8.56.